The number of nitrogens with one attached hydrogen (secondary N) is 1. The van der Waals surface area contributed by atoms with Gasteiger partial charge in [-0.1, -0.05) is 12.1 Å². The highest BCUT2D eigenvalue weighted by Crippen LogP contribution is 2.31. The minimum absolute atomic E-state index is 0.00432. The van der Waals surface area contributed by atoms with Gasteiger partial charge in [-0.15, -0.1) is 11.3 Å². The Hall–Kier alpha value is -2.52. The fourth-order valence-corrected chi connectivity index (χ4v) is 4.83. The highest BCUT2D eigenvalue weighted by molar-refractivity contribution is 7.14. The third-order valence-electron chi connectivity index (χ3n) is 5.73. The van der Waals surface area contributed by atoms with Gasteiger partial charge in [0, 0.05) is 31.6 Å². The lowest BCUT2D eigenvalue weighted by Gasteiger charge is -2.34. The van der Waals surface area contributed by atoms with Gasteiger partial charge in [0.05, 0.1) is 18.2 Å². The lowest BCUT2D eigenvalue weighted by molar-refractivity contribution is -0.132. The summed E-state index contributed by atoms with van der Waals surface area (Å²) in [4.78, 5) is 32.5. The Morgan fingerprint density at radius 2 is 2.00 bits per heavy atom. The third kappa shape index (κ3) is 4.62. The average molecular weight is 433 g/mol. The van der Waals surface area contributed by atoms with Gasteiger partial charge in [0.2, 0.25) is 5.91 Å². The Kier molecular flexibility index (Phi) is 6.29. The molecule has 3 amide bonds. The molecule has 2 saturated heterocycles. The van der Waals surface area contributed by atoms with Crippen LogP contribution in [0, 0.1) is 11.7 Å². The number of halogens is 1. The minimum atomic E-state index is -0.653. The van der Waals surface area contributed by atoms with Crippen LogP contribution in [0.3, 0.4) is 0 Å². The second kappa shape index (κ2) is 9.09. The van der Waals surface area contributed by atoms with Crippen LogP contribution in [0.1, 0.15) is 36.6 Å². The van der Waals surface area contributed by atoms with E-state index >= 15 is 0 Å². The number of likely N-dealkylation sites (tertiary alicyclic amines) is 1. The molecule has 2 aromatic rings. The van der Waals surface area contributed by atoms with Crippen LogP contribution in [0.4, 0.5) is 14.3 Å². The van der Waals surface area contributed by atoms with Crippen LogP contribution in [-0.4, -0.2) is 53.1 Å². The van der Waals surface area contributed by atoms with Crippen molar-refractivity contribution in [1.29, 1.82) is 0 Å². The van der Waals surface area contributed by atoms with Gasteiger partial charge in [0.25, 0.3) is 0 Å². The van der Waals surface area contributed by atoms with Crippen molar-refractivity contribution in [1.82, 2.24) is 15.2 Å². The highest BCUT2D eigenvalue weighted by Gasteiger charge is 2.29. The minimum Gasteiger partial charge on any atom is -0.388 e. The first-order valence-corrected chi connectivity index (χ1v) is 11.1. The van der Waals surface area contributed by atoms with Crippen molar-refractivity contribution in [2.75, 3.05) is 31.1 Å². The number of thiazole rings is 1. The molecular weight excluding hydrogens is 407 g/mol. The summed E-state index contributed by atoms with van der Waals surface area (Å²) >= 11 is 1.37. The molecule has 30 heavy (non-hydrogen) atoms. The number of piperidine rings is 1. The smallest absolute Gasteiger partial charge is 0.323 e. The molecule has 0 bridgehead atoms. The molecule has 2 fully saturated rings. The SMILES string of the molecule is O=C(Cc1csc(N2CCCNC2=O)n1)N1CCC(C(O)c2ccc(F)cc2)CC1. The van der Waals surface area contributed by atoms with Crippen molar-refractivity contribution in [2.45, 2.75) is 31.8 Å². The molecule has 1 aromatic heterocycles. The van der Waals surface area contributed by atoms with Gasteiger partial charge in [0.1, 0.15) is 5.82 Å². The fraction of sp³-hybridized carbons (Fsp3) is 0.476. The van der Waals surface area contributed by atoms with Crippen molar-refractivity contribution >= 4 is 28.4 Å². The maximum atomic E-state index is 13.1. The van der Waals surface area contributed by atoms with Gasteiger partial charge < -0.3 is 15.3 Å². The van der Waals surface area contributed by atoms with E-state index in [1.165, 1.54) is 23.5 Å². The molecule has 0 radical (unpaired) electrons. The first kappa shape index (κ1) is 20.7. The number of nitrogens with zero attached hydrogens (tertiary/aromatic N) is 3. The number of carbonyl (C=O) groups is 2. The summed E-state index contributed by atoms with van der Waals surface area (Å²) < 4.78 is 13.1. The van der Waals surface area contributed by atoms with Crippen LogP contribution < -0.4 is 10.2 Å². The normalized spacial score (nSPS) is 18.9. The summed E-state index contributed by atoms with van der Waals surface area (Å²) in [6.07, 6.45) is 1.82. The Balaban J connectivity index is 1.29. The van der Waals surface area contributed by atoms with E-state index in [0.29, 0.717) is 55.4 Å². The van der Waals surface area contributed by atoms with Gasteiger partial charge in [-0.25, -0.2) is 14.2 Å². The Morgan fingerprint density at radius 3 is 2.70 bits per heavy atom. The van der Waals surface area contributed by atoms with E-state index < -0.39 is 6.10 Å². The number of rotatable bonds is 5. The number of amides is 3. The van der Waals surface area contributed by atoms with Crippen LogP contribution in [0.5, 0.6) is 0 Å². The molecule has 4 rings (SSSR count). The molecule has 1 atom stereocenters. The molecule has 3 heterocycles. The number of aliphatic hydroxyl groups is 1. The number of anilines is 1. The Bertz CT molecular complexity index is 896. The summed E-state index contributed by atoms with van der Waals surface area (Å²) in [5, 5.41) is 15.8. The van der Waals surface area contributed by atoms with Crippen molar-refractivity contribution in [2.24, 2.45) is 5.92 Å². The number of hydrogen-bond acceptors (Lipinski definition) is 5. The van der Waals surface area contributed by atoms with Crippen LogP contribution in [0.15, 0.2) is 29.6 Å². The number of carbonyl (C=O) groups excluding carboxylic acids is 2. The zero-order valence-corrected chi connectivity index (χ0v) is 17.4. The zero-order chi connectivity index (χ0) is 21.1. The average Bonchev–Trinajstić information content (AvgIpc) is 3.22. The molecule has 0 aliphatic carbocycles. The molecule has 0 saturated carbocycles. The molecule has 160 valence electrons. The molecule has 1 aromatic carbocycles. The lowest BCUT2D eigenvalue weighted by Crippen LogP contribution is -2.46. The third-order valence-corrected chi connectivity index (χ3v) is 6.65. The standard InChI is InChI=1S/C21H25FN4O3S/c22-16-4-2-14(3-5-16)19(28)15-6-10-25(11-7-15)18(27)12-17-13-30-21(24-17)26-9-1-8-23-20(26)29/h2-5,13,15,19,28H,1,6-12H2,(H,23,29). The van der Waals surface area contributed by atoms with Crippen molar-refractivity contribution in [3.05, 3.63) is 46.7 Å². The maximum absolute atomic E-state index is 13.1. The second-order valence-corrected chi connectivity index (χ2v) is 8.59. The first-order chi connectivity index (χ1) is 14.5. The van der Waals surface area contributed by atoms with Gasteiger partial charge >= 0.3 is 6.03 Å². The number of hydrogen-bond donors (Lipinski definition) is 2. The predicted molar refractivity (Wildman–Crippen MR) is 112 cm³/mol. The van der Waals surface area contributed by atoms with Gasteiger partial charge in [-0.05, 0) is 42.9 Å². The van der Waals surface area contributed by atoms with Crippen molar-refractivity contribution in [3.8, 4) is 0 Å². The van der Waals surface area contributed by atoms with Crippen molar-refractivity contribution < 1.29 is 19.1 Å². The molecule has 2 aliphatic rings. The van der Waals surface area contributed by atoms with E-state index in [-0.39, 0.29) is 30.1 Å². The monoisotopic (exact) mass is 432 g/mol. The van der Waals surface area contributed by atoms with E-state index in [4.69, 9.17) is 0 Å². The van der Waals surface area contributed by atoms with E-state index in [1.807, 2.05) is 5.38 Å². The molecule has 9 heteroatoms. The second-order valence-electron chi connectivity index (χ2n) is 7.75. The van der Waals surface area contributed by atoms with Crippen LogP contribution in [0.25, 0.3) is 0 Å². The molecule has 2 aliphatic heterocycles. The summed E-state index contributed by atoms with van der Waals surface area (Å²) in [6.45, 7) is 2.47. The molecule has 7 nitrogen and oxygen atoms in total. The van der Waals surface area contributed by atoms with Crippen LogP contribution >= 0.6 is 11.3 Å². The predicted octanol–water partition coefficient (Wildman–Crippen LogP) is 2.72. The molecule has 0 spiro atoms. The Labute approximate surface area is 178 Å². The van der Waals surface area contributed by atoms with E-state index in [0.717, 1.165) is 6.42 Å². The summed E-state index contributed by atoms with van der Waals surface area (Å²) in [5.74, 6) is -0.273. The first-order valence-electron chi connectivity index (χ1n) is 10.2. The van der Waals surface area contributed by atoms with Crippen LogP contribution in [-0.2, 0) is 11.2 Å². The van der Waals surface area contributed by atoms with Crippen LogP contribution in [0.2, 0.25) is 0 Å². The topological polar surface area (TPSA) is 85.8 Å². The number of aromatic nitrogens is 1. The summed E-state index contributed by atoms with van der Waals surface area (Å²) in [5.41, 5.74) is 1.38. The molecular formula is C21H25FN4O3S. The number of urea groups is 1. The van der Waals surface area contributed by atoms with E-state index in [9.17, 15) is 19.1 Å². The van der Waals surface area contributed by atoms with E-state index in [2.05, 4.69) is 10.3 Å². The highest BCUT2D eigenvalue weighted by atomic mass is 32.1. The molecule has 2 N–H and O–H groups in total. The van der Waals surface area contributed by atoms with Gasteiger partial charge in [0.15, 0.2) is 5.13 Å². The summed E-state index contributed by atoms with van der Waals surface area (Å²) in [7, 11) is 0. The Morgan fingerprint density at radius 1 is 1.27 bits per heavy atom. The number of benzene rings is 1. The lowest BCUT2D eigenvalue weighted by atomic mass is 9.87. The quantitative estimate of drug-likeness (QED) is 0.761. The zero-order valence-electron chi connectivity index (χ0n) is 16.6. The summed E-state index contributed by atoms with van der Waals surface area (Å²) in [6, 6.07) is 5.79. The van der Waals surface area contributed by atoms with E-state index in [1.54, 1.807) is 21.9 Å². The number of aliphatic hydroxyl groups excluding tert-OH is 1. The maximum Gasteiger partial charge on any atom is 0.323 e. The van der Waals surface area contributed by atoms with Gasteiger partial charge in [-0.2, -0.15) is 0 Å². The fourth-order valence-electron chi connectivity index (χ4n) is 3.98. The largest absolute Gasteiger partial charge is 0.388 e. The van der Waals surface area contributed by atoms with Gasteiger partial charge in [-0.3, -0.25) is 9.69 Å². The van der Waals surface area contributed by atoms with Crippen molar-refractivity contribution in [3.63, 3.8) is 0 Å². The molecule has 1 unspecified atom stereocenters.